The van der Waals surface area contributed by atoms with Gasteiger partial charge in [-0.2, -0.15) is 0 Å². The molecular weight excluding hydrogens is 242 g/mol. The van der Waals surface area contributed by atoms with Gasteiger partial charge < -0.3 is 4.74 Å². The van der Waals surface area contributed by atoms with Crippen molar-refractivity contribution in [3.8, 4) is 0 Å². The summed E-state index contributed by atoms with van der Waals surface area (Å²) < 4.78 is 29.9. The number of carbonyl (C=O) groups is 2. The van der Waals surface area contributed by atoms with Crippen molar-refractivity contribution in [3.63, 3.8) is 0 Å². The zero-order chi connectivity index (χ0) is 12.3. The summed E-state index contributed by atoms with van der Waals surface area (Å²) in [5.74, 6) is -4.06. The molecule has 0 aliphatic rings. The van der Waals surface area contributed by atoms with Crippen molar-refractivity contribution in [3.05, 3.63) is 35.4 Å². The molecule has 0 heterocycles. The maximum absolute atomic E-state index is 13.2. The highest BCUT2D eigenvalue weighted by molar-refractivity contribution is 6.47. The molecule has 1 aromatic rings. The molecule has 0 aliphatic heterocycles. The monoisotopic (exact) mass is 248 g/mol. The number of methoxy groups -OCH3 is 1. The largest absolute Gasteiger partial charge is 0.463 e. The third-order valence-electron chi connectivity index (χ3n) is 1.85. The van der Waals surface area contributed by atoms with Crippen LogP contribution in [0.3, 0.4) is 0 Å². The van der Waals surface area contributed by atoms with E-state index in [0.717, 1.165) is 19.2 Å². The summed E-state index contributed by atoms with van der Waals surface area (Å²) in [6.07, 6.45) is 0. The SMILES string of the molecule is COC(=O)C(=O)C(Cl)c1ccc(F)cc1F. The number of alkyl halides is 1. The number of hydrogen-bond donors (Lipinski definition) is 0. The van der Waals surface area contributed by atoms with Crippen LogP contribution in [0.4, 0.5) is 8.78 Å². The van der Waals surface area contributed by atoms with E-state index in [1.807, 2.05) is 0 Å². The summed E-state index contributed by atoms with van der Waals surface area (Å²) in [6, 6.07) is 2.52. The van der Waals surface area contributed by atoms with Gasteiger partial charge in [-0.25, -0.2) is 13.6 Å². The lowest BCUT2D eigenvalue weighted by atomic mass is 10.1. The van der Waals surface area contributed by atoms with Gasteiger partial charge in [0.15, 0.2) is 0 Å². The summed E-state index contributed by atoms with van der Waals surface area (Å²) in [6.45, 7) is 0. The van der Waals surface area contributed by atoms with Crippen LogP contribution >= 0.6 is 11.6 Å². The van der Waals surface area contributed by atoms with E-state index in [4.69, 9.17) is 11.6 Å². The Balaban J connectivity index is 3.01. The summed E-state index contributed by atoms with van der Waals surface area (Å²) in [4.78, 5) is 22.1. The van der Waals surface area contributed by atoms with Crippen molar-refractivity contribution in [2.24, 2.45) is 0 Å². The van der Waals surface area contributed by atoms with Crippen LogP contribution in [0, 0.1) is 11.6 Å². The number of halogens is 3. The van der Waals surface area contributed by atoms with Gasteiger partial charge in [0.2, 0.25) is 0 Å². The third kappa shape index (κ3) is 2.55. The molecule has 0 amide bonds. The zero-order valence-electron chi connectivity index (χ0n) is 8.17. The maximum atomic E-state index is 13.2. The Bertz CT molecular complexity index is 434. The van der Waals surface area contributed by atoms with Crippen LogP contribution in [0.25, 0.3) is 0 Å². The minimum atomic E-state index is -1.52. The second-order valence-electron chi connectivity index (χ2n) is 2.88. The molecule has 16 heavy (non-hydrogen) atoms. The van der Waals surface area contributed by atoms with E-state index in [1.165, 1.54) is 0 Å². The fourth-order valence-electron chi connectivity index (χ4n) is 1.05. The van der Waals surface area contributed by atoms with Gasteiger partial charge in [-0.3, -0.25) is 4.79 Å². The Hall–Kier alpha value is -1.49. The van der Waals surface area contributed by atoms with E-state index in [1.54, 1.807) is 0 Å². The molecule has 0 saturated carbocycles. The minimum Gasteiger partial charge on any atom is -0.463 e. The molecule has 0 spiro atoms. The lowest BCUT2D eigenvalue weighted by molar-refractivity contribution is -0.151. The summed E-state index contributed by atoms with van der Waals surface area (Å²) in [5, 5.41) is -1.52. The van der Waals surface area contributed by atoms with Gasteiger partial charge >= 0.3 is 5.97 Å². The molecule has 6 heteroatoms. The standard InChI is InChI=1S/C10H7ClF2O3/c1-16-10(15)9(14)8(11)6-3-2-5(12)4-7(6)13/h2-4,8H,1H3. The number of Topliss-reactive ketones (excluding diaryl/α,β-unsaturated/α-hetero) is 1. The Morgan fingerprint density at radius 2 is 2.00 bits per heavy atom. The average molecular weight is 249 g/mol. The first-order chi connectivity index (χ1) is 7.47. The van der Waals surface area contributed by atoms with E-state index in [0.29, 0.717) is 6.07 Å². The molecule has 1 unspecified atom stereocenters. The summed E-state index contributed by atoms with van der Waals surface area (Å²) >= 11 is 5.58. The number of esters is 1. The van der Waals surface area contributed by atoms with Crippen molar-refractivity contribution < 1.29 is 23.1 Å². The van der Waals surface area contributed by atoms with E-state index in [9.17, 15) is 18.4 Å². The van der Waals surface area contributed by atoms with Gasteiger partial charge in [0, 0.05) is 11.6 Å². The zero-order valence-corrected chi connectivity index (χ0v) is 8.92. The number of benzene rings is 1. The molecule has 0 N–H and O–H groups in total. The van der Waals surface area contributed by atoms with Crippen molar-refractivity contribution in [1.82, 2.24) is 0 Å². The molecule has 0 radical (unpaired) electrons. The summed E-state index contributed by atoms with van der Waals surface area (Å²) in [7, 11) is 1.00. The van der Waals surface area contributed by atoms with Crippen molar-refractivity contribution in [2.45, 2.75) is 5.38 Å². The molecular formula is C10H7ClF2O3. The second-order valence-corrected chi connectivity index (χ2v) is 3.32. The normalized spacial score (nSPS) is 12.0. The molecule has 3 nitrogen and oxygen atoms in total. The quantitative estimate of drug-likeness (QED) is 0.467. The molecule has 1 atom stereocenters. The molecule has 1 rings (SSSR count). The summed E-state index contributed by atoms with van der Waals surface area (Å²) in [5.41, 5.74) is -0.265. The highest BCUT2D eigenvalue weighted by atomic mass is 35.5. The Morgan fingerprint density at radius 3 is 2.50 bits per heavy atom. The fourth-order valence-corrected chi connectivity index (χ4v) is 1.32. The highest BCUT2D eigenvalue weighted by Gasteiger charge is 2.27. The van der Waals surface area contributed by atoms with Gasteiger partial charge in [0.05, 0.1) is 7.11 Å². The van der Waals surface area contributed by atoms with E-state index in [-0.39, 0.29) is 5.56 Å². The third-order valence-corrected chi connectivity index (χ3v) is 2.29. The van der Waals surface area contributed by atoms with Gasteiger partial charge in [0.1, 0.15) is 17.0 Å². The minimum absolute atomic E-state index is 0.265. The number of carbonyl (C=O) groups excluding carboxylic acids is 2. The maximum Gasteiger partial charge on any atom is 0.376 e. The number of ketones is 1. The van der Waals surface area contributed by atoms with Crippen LogP contribution in [0.15, 0.2) is 18.2 Å². The molecule has 0 aliphatic carbocycles. The lowest BCUT2D eigenvalue weighted by Gasteiger charge is -2.08. The number of hydrogen-bond acceptors (Lipinski definition) is 3. The van der Waals surface area contributed by atoms with E-state index >= 15 is 0 Å². The molecule has 0 aromatic heterocycles. The number of ether oxygens (including phenoxy) is 1. The topological polar surface area (TPSA) is 43.4 Å². The van der Waals surface area contributed by atoms with E-state index < -0.39 is 28.8 Å². The van der Waals surface area contributed by atoms with Crippen LogP contribution in [0.1, 0.15) is 10.9 Å². The van der Waals surface area contributed by atoms with Crippen LogP contribution in [-0.4, -0.2) is 18.9 Å². The smallest absolute Gasteiger partial charge is 0.376 e. The van der Waals surface area contributed by atoms with Crippen molar-refractivity contribution in [1.29, 1.82) is 0 Å². The van der Waals surface area contributed by atoms with Gasteiger partial charge in [-0.15, -0.1) is 11.6 Å². The lowest BCUT2D eigenvalue weighted by Crippen LogP contribution is -2.20. The van der Waals surface area contributed by atoms with Crippen LogP contribution < -0.4 is 0 Å². The molecule has 0 bridgehead atoms. The van der Waals surface area contributed by atoms with Gasteiger partial charge in [0.25, 0.3) is 5.78 Å². The molecule has 1 aromatic carbocycles. The fraction of sp³-hybridized carbons (Fsp3) is 0.200. The van der Waals surface area contributed by atoms with Crippen molar-refractivity contribution in [2.75, 3.05) is 7.11 Å². The Labute approximate surface area is 95.0 Å². The first kappa shape index (κ1) is 12.6. The predicted molar refractivity (Wildman–Crippen MR) is 52.0 cm³/mol. The molecule has 0 saturated heterocycles. The molecule has 86 valence electrons. The number of rotatable bonds is 3. The molecule has 0 fully saturated rings. The van der Waals surface area contributed by atoms with Crippen molar-refractivity contribution >= 4 is 23.4 Å². The van der Waals surface area contributed by atoms with Gasteiger partial charge in [-0.05, 0) is 6.07 Å². The van der Waals surface area contributed by atoms with Crippen LogP contribution in [-0.2, 0) is 14.3 Å². The predicted octanol–water partition coefficient (Wildman–Crippen LogP) is 1.99. The second kappa shape index (κ2) is 5.03. The van der Waals surface area contributed by atoms with Gasteiger partial charge in [-0.1, -0.05) is 6.07 Å². The highest BCUT2D eigenvalue weighted by Crippen LogP contribution is 2.25. The average Bonchev–Trinajstić information content (AvgIpc) is 2.26. The van der Waals surface area contributed by atoms with Crippen LogP contribution in [0.2, 0.25) is 0 Å². The Morgan fingerprint density at radius 1 is 1.38 bits per heavy atom. The Kier molecular flexibility index (Phi) is 3.95. The first-order valence-electron chi connectivity index (χ1n) is 4.18. The van der Waals surface area contributed by atoms with Crippen LogP contribution in [0.5, 0.6) is 0 Å². The first-order valence-corrected chi connectivity index (χ1v) is 4.62. The van der Waals surface area contributed by atoms with E-state index in [2.05, 4.69) is 4.74 Å².